The number of thiophene rings is 1. The maximum atomic E-state index is 12.3. The number of benzene rings is 1. The Hall–Kier alpha value is -1.85. The monoisotopic (exact) mass is 376 g/mol. The van der Waals surface area contributed by atoms with Crippen molar-refractivity contribution < 1.29 is 9.59 Å². The molecule has 0 bridgehead atoms. The highest BCUT2D eigenvalue weighted by atomic mass is 35.5. The molecule has 1 aliphatic rings. The van der Waals surface area contributed by atoms with E-state index in [1.165, 1.54) is 4.88 Å². The summed E-state index contributed by atoms with van der Waals surface area (Å²) in [5, 5.41) is 8.09. The Morgan fingerprint density at radius 3 is 2.60 bits per heavy atom. The van der Waals surface area contributed by atoms with Crippen molar-refractivity contribution in [1.29, 1.82) is 0 Å². The Kier molecular flexibility index (Phi) is 5.45. The van der Waals surface area contributed by atoms with Gasteiger partial charge in [-0.3, -0.25) is 9.59 Å². The Morgan fingerprint density at radius 1 is 1.16 bits per heavy atom. The fourth-order valence-electron chi connectivity index (χ4n) is 3.39. The summed E-state index contributed by atoms with van der Waals surface area (Å²) >= 11 is 7.77. The molecule has 0 spiro atoms. The van der Waals surface area contributed by atoms with Gasteiger partial charge < -0.3 is 10.6 Å². The molecule has 2 amide bonds. The van der Waals surface area contributed by atoms with E-state index in [0.29, 0.717) is 17.3 Å². The van der Waals surface area contributed by atoms with Gasteiger partial charge in [0.15, 0.2) is 0 Å². The van der Waals surface area contributed by atoms with Gasteiger partial charge in [0.2, 0.25) is 0 Å². The highest BCUT2D eigenvalue weighted by molar-refractivity contribution is 7.10. The molecule has 6 heteroatoms. The molecule has 4 nitrogen and oxygen atoms in total. The zero-order valence-corrected chi connectivity index (χ0v) is 15.7. The largest absolute Gasteiger partial charge is 0.347 e. The summed E-state index contributed by atoms with van der Waals surface area (Å²) in [6.45, 7) is 2.30. The van der Waals surface area contributed by atoms with Crippen molar-refractivity contribution in [2.45, 2.75) is 38.0 Å². The van der Waals surface area contributed by atoms with Crippen LogP contribution in [0, 0.1) is 6.92 Å². The number of halogens is 1. The molecule has 2 aromatic rings. The molecule has 1 saturated carbocycles. The van der Waals surface area contributed by atoms with Gasteiger partial charge in [0.1, 0.15) is 0 Å². The summed E-state index contributed by atoms with van der Waals surface area (Å²) in [4.78, 5) is 25.8. The smallest absolute Gasteiger partial charge is 0.313 e. The molecule has 132 valence electrons. The lowest BCUT2D eigenvalue weighted by molar-refractivity contribution is -0.136. The van der Waals surface area contributed by atoms with Crippen LogP contribution < -0.4 is 10.6 Å². The van der Waals surface area contributed by atoms with Crippen LogP contribution in [-0.2, 0) is 15.0 Å². The summed E-state index contributed by atoms with van der Waals surface area (Å²) in [6, 6.07) is 9.38. The number of anilines is 1. The minimum absolute atomic E-state index is 0.0317. The van der Waals surface area contributed by atoms with E-state index in [9.17, 15) is 9.59 Å². The third-order valence-corrected chi connectivity index (χ3v) is 6.44. The molecule has 0 radical (unpaired) electrons. The zero-order valence-electron chi connectivity index (χ0n) is 14.1. The summed E-state index contributed by atoms with van der Waals surface area (Å²) in [6.07, 6.45) is 4.40. The van der Waals surface area contributed by atoms with Crippen LogP contribution in [0.4, 0.5) is 5.69 Å². The molecule has 25 heavy (non-hydrogen) atoms. The summed E-state index contributed by atoms with van der Waals surface area (Å²) < 4.78 is 0. The molecule has 1 aliphatic carbocycles. The Bertz CT molecular complexity index is 768. The maximum Gasteiger partial charge on any atom is 0.313 e. The minimum Gasteiger partial charge on any atom is -0.347 e. The third kappa shape index (κ3) is 3.88. The predicted molar refractivity (Wildman–Crippen MR) is 102 cm³/mol. The number of rotatable bonds is 4. The third-order valence-electron chi connectivity index (χ3n) is 4.91. The quantitative estimate of drug-likeness (QED) is 0.782. The second-order valence-corrected chi connectivity index (χ2v) is 7.87. The van der Waals surface area contributed by atoms with Crippen LogP contribution in [0.1, 0.15) is 36.1 Å². The first-order valence-corrected chi connectivity index (χ1v) is 9.66. The average molecular weight is 377 g/mol. The van der Waals surface area contributed by atoms with E-state index >= 15 is 0 Å². The van der Waals surface area contributed by atoms with E-state index < -0.39 is 11.8 Å². The number of carbonyl (C=O) groups is 2. The second-order valence-electron chi connectivity index (χ2n) is 6.51. The summed E-state index contributed by atoms with van der Waals surface area (Å²) in [7, 11) is 0. The van der Waals surface area contributed by atoms with Crippen molar-refractivity contribution in [2.75, 3.05) is 11.9 Å². The van der Waals surface area contributed by atoms with Crippen molar-refractivity contribution in [3.8, 4) is 0 Å². The number of nitrogens with one attached hydrogen (secondary N) is 2. The van der Waals surface area contributed by atoms with Gasteiger partial charge in [-0.2, -0.15) is 0 Å². The van der Waals surface area contributed by atoms with Crippen molar-refractivity contribution in [3.63, 3.8) is 0 Å². The van der Waals surface area contributed by atoms with Crippen molar-refractivity contribution in [1.82, 2.24) is 5.32 Å². The molecule has 3 rings (SSSR count). The SMILES string of the molecule is Cc1c(Cl)cccc1NC(=O)C(=O)NCC1(c2cccs2)CCCC1. The minimum atomic E-state index is -0.662. The fourth-order valence-corrected chi connectivity index (χ4v) is 4.56. The molecule has 1 heterocycles. The molecule has 0 atom stereocenters. The lowest BCUT2D eigenvalue weighted by atomic mass is 9.84. The zero-order chi connectivity index (χ0) is 17.9. The van der Waals surface area contributed by atoms with Gasteiger partial charge >= 0.3 is 11.8 Å². The second kappa shape index (κ2) is 7.58. The van der Waals surface area contributed by atoms with E-state index in [1.54, 1.807) is 36.5 Å². The summed E-state index contributed by atoms with van der Waals surface area (Å²) in [5.74, 6) is -1.27. The van der Waals surface area contributed by atoms with Crippen molar-refractivity contribution >= 4 is 40.4 Å². The van der Waals surface area contributed by atoms with Crippen LogP contribution >= 0.6 is 22.9 Å². The van der Waals surface area contributed by atoms with Crippen LogP contribution in [0.3, 0.4) is 0 Å². The van der Waals surface area contributed by atoms with Gasteiger partial charge in [0, 0.05) is 27.5 Å². The number of amides is 2. The normalized spacial score (nSPS) is 15.8. The molecular formula is C19H21ClN2O2S. The van der Waals surface area contributed by atoms with Crippen LogP contribution in [-0.4, -0.2) is 18.4 Å². The van der Waals surface area contributed by atoms with Gasteiger partial charge in [0.05, 0.1) is 0 Å². The molecule has 2 N–H and O–H groups in total. The Balaban J connectivity index is 1.63. The Labute approximate surface area is 156 Å². The molecule has 0 unspecified atom stereocenters. The first kappa shape index (κ1) is 18.0. The van der Waals surface area contributed by atoms with Gasteiger partial charge in [-0.05, 0) is 48.9 Å². The van der Waals surface area contributed by atoms with Crippen LogP contribution in [0.2, 0.25) is 5.02 Å². The Morgan fingerprint density at radius 2 is 1.92 bits per heavy atom. The lowest BCUT2D eigenvalue weighted by Crippen LogP contribution is -2.43. The fraction of sp³-hybridized carbons (Fsp3) is 0.368. The van der Waals surface area contributed by atoms with Gasteiger partial charge in [-0.25, -0.2) is 0 Å². The first-order chi connectivity index (χ1) is 12.0. The highest BCUT2D eigenvalue weighted by Gasteiger charge is 2.37. The van der Waals surface area contributed by atoms with Crippen molar-refractivity contribution in [3.05, 3.63) is 51.2 Å². The molecule has 1 fully saturated rings. The number of hydrogen-bond acceptors (Lipinski definition) is 3. The highest BCUT2D eigenvalue weighted by Crippen LogP contribution is 2.42. The van der Waals surface area contributed by atoms with E-state index in [4.69, 9.17) is 11.6 Å². The topological polar surface area (TPSA) is 58.2 Å². The van der Waals surface area contributed by atoms with Gasteiger partial charge in [-0.15, -0.1) is 11.3 Å². The molecule has 0 saturated heterocycles. The number of hydrogen-bond donors (Lipinski definition) is 2. The standard InChI is InChI=1S/C19H21ClN2O2S/c1-13-14(20)6-4-7-15(13)22-18(24)17(23)21-12-19(9-2-3-10-19)16-8-5-11-25-16/h4-8,11H,2-3,9-10,12H2,1H3,(H,21,23)(H,22,24). The van der Waals surface area contributed by atoms with E-state index in [2.05, 4.69) is 22.1 Å². The van der Waals surface area contributed by atoms with E-state index in [0.717, 1.165) is 31.2 Å². The number of carbonyl (C=O) groups excluding carboxylic acids is 2. The maximum absolute atomic E-state index is 12.3. The molecular weight excluding hydrogens is 356 g/mol. The van der Waals surface area contributed by atoms with Gasteiger partial charge in [0.25, 0.3) is 0 Å². The molecule has 1 aromatic carbocycles. The first-order valence-electron chi connectivity index (χ1n) is 8.40. The van der Waals surface area contributed by atoms with Crippen LogP contribution in [0.25, 0.3) is 0 Å². The van der Waals surface area contributed by atoms with Crippen LogP contribution in [0.5, 0.6) is 0 Å². The lowest BCUT2D eigenvalue weighted by Gasteiger charge is -2.28. The molecule has 0 aliphatic heterocycles. The summed E-state index contributed by atoms with van der Waals surface area (Å²) in [5.41, 5.74) is 1.27. The van der Waals surface area contributed by atoms with E-state index in [1.807, 2.05) is 6.07 Å². The van der Waals surface area contributed by atoms with E-state index in [-0.39, 0.29) is 5.41 Å². The van der Waals surface area contributed by atoms with Crippen molar-refractivity contribution in [2.24, 2.45) is 0 Å². The van der Waals surface area contributed by atoms with Crippen LogP contribution in [0.15, 0.2) is 35.7 Å². The predicted octanol–water partition coefficient (Wildman–Crippen LogP) is 4.28. The van der Waals surface area contributed by atoms with Gasteiger partial charge in [-0.1, -0.05) is 36.6 Å². The average Bonchev–Trinajstić information content (AvgIpc) is 3.28. The molecule has 1 aromatic heterocycles.